The molecule has 0 aliphatic heterocycles. The molecular formula is C25H30N6O3. The van der Waals surface area contributed by atoms with E-state index in [9.17, 15) is 9.59 Å². The monoisotopic (exact) mass is 462 g/mol. The molecule has 178 valence electrons. The van der Waals surface area contributed by atoms with Crippen LogP contribution in [-0.2, 0) is 17.9 Å². The molecule has 3 aromatic rings. The Morgan fingerprint density at radius 3 is 2.29 bits per heavy atom. The summed E-state index contributed by atoms with van der Waals surface area (Å²) in [4.78, 5) is 28.7. The van der Waals surface area contributed by atoms with Crippen molar-refractivity contribution in [3.63, 3.8) is 0 Å². The van der Waals surface area contributed by atoms with Crippen LogP contribution in [0.3, 0.4) is 0 Å². The quantitative estimate of drug-likeness (QED) is 0.347. The molecule has 3 rings (SSSR count). The van der Waals surface area contributed by atoms with Crippen molar-refractivity contribution >= 4 is 29.1 Å². The number of carbonyl (C=O) groups excluding carboxylic acids is 2. The Hall–Kier alpha value is -4.14. The van der Waals surface area contributed by atoms with Gasteiger partial charge in [-0.1, -0.05) is 6.92 Å². The average molecular weight is 463 g/mol. The molecule has 2 amide bonds. The molecule has 0 spiro atoms. The van der Waals surface area contributed by atoms with Crippen LogP contribution < -0.4 is 20.7 Å². The van der Waals surface area contributed by atoms with Crippen LogP contribution in [0.5, 0.6) is 5.75 Å². The third-order valence-corrected chi connectivity index (χ3v) is 4.96. The third kappa shape index (κ3) is 6.93. The summed E-state index contributed by atoms with van der Waals surface area (Å²) in [6.45, 7) is 6.68. The number of anilines is 2. The van der Waals surface area contributed by atoms with E-state index in [1.165, 1.54) is 6.92 Å². The van der Waals surface area contributed by atoms with Gasteiger partial charge in [0.25, 0.3) is 5.91 Å². The second kappa shape index (κ2) is 11.6. The number of nitrogens with one attached hydrogen (secondary N) is 3. The van der Waals surface area contributed by atoms with Gasteiger partial charge in [0, 0.05) is 42.2 Å². The third-order valence-electron chi connectivity index (χ3n) is 4.96. The zero-order chi connectivity index (χ0) is 24.5. The van der Waals surface area contributed by atoms with Crippen molar-refractivity contribution in [3.8, 4) is 5.75 Å². The number of guanidine groups is 1. The number of nitrogens with zero attached hydrogens (tertiary/aromatic N) is 3. The van der Waals surface area contributed by atoms with Crippen LogP contribution in [-0.4, -0.2) is 34.7 Å². The van der Waals surface area contributed by atoms with Gasteiger partial charge in [-0.3, -0.25) is 19.6 Å². The van der Waals surface area contributed by atoms with Crippen LogP contribution in [0.1, 0.15) is 41.9 Å². The first-order valence-electron chi connectivity index (χ1n) is 11.1. The van der Waals surface area contributed by atoms with Crippen LogP contribution in [0.15, 0.2) is 59.7 Å². The van der Waals surface area contributed by atoms with E-state index >= 15 is 0 Å². The van der Waals surface area contributed by atoms with E-state index in [1.54, 1.807) is 31.4 Å². The molecular weight excluding hydrogens is 432 g/mol. The first kappa shape index (κ1) is 24.5. The highest BCUT2D eigenvalue weighted by Crippen LogP contribution is 2.16. The number of carbonyl (C=O) groups is 2. The minimum Gasteiger partial charge on any atom is -0.497 e. The van der Waals surface area contributed by atoms with E-state index in [1.807, 2.05) is 42.1 Å². The van der Waals surface area contributed by atoms with Gasteiger partial charge in [-0.2, -0.15) is 5.10 Å². The van der Waals surface area contributed by atoms with Gasteiger partial charge in [-0.15, -0.1) is 0 Å². The number of aliphatic imine (C=N–C) groups is 1. The van der Waals surface area contributed by atoms with Crippen molar-refractivity contribution < 1.29 is 14.3 Å². The number of aromatic nitrogens is 2. The summed E-state index contributed by atoms with van der Waals surface area (Å²) in [6.07, 6.45) is 2.97. The maximum atomic E-state index is 12.9. The molecule has 9 nitrogen and oxygen atoms in total. The molecule has 1 aromatic heterocycles. The minimum absolute atomic E-state index is 0.173. The highest BCUT2D eigenvalue weighted by atomic mass is 16.5. The van der Waals surface area contributed by atoms with E-state index < -0.39 is 0 Å². The Bertz CT molecular complexity index is 1150. The Balaban J connectivity index is 1.79. The maximum absolute atomic E-state index is 12.9. The zero-order valence-electron chi connectivity index (χ0n) is 19.9. The van der Waals surface area contributed by atoms with Crippen molar-refractivity contribution in [1.29, 1.82) is 0 Å². The van der Waals surface area contributed by atoms with Crippen LogP contribution in [0.2, 0.25) is 0 Å². The summed E-state index contributed by atoms with van der Waals surface area (Å²) in [6, 6.07) is 14.0. The minimum atomic E-state index is -0.326. The van der Waals surface area contributed by atoms with Crippen LogP contribution in [0, 0.1) is 6.92 Å². The van der Waals surface area contributed by atoms with E-state index in [2.05, 4.69) is 33.0 Å². The van der Waals surface area contributed by atoms with E-state index in [0.29, 0.717) is 23.8 Å². The largest absolute Gasteiger partial charge is 0.497 e. The number of benzene rings is 2. The molecule has 0 saturated heterocycles. The smallest absolute Gasteiger partial charge is 0.257 e. The molecule has 0 aliphatic carbocycles. The first-order valence-corrected chi connectivity index (χ1v) is 11.1. The van der Waals surface area contributed by atoms with Crippen molar-refractivity contribution in [1.82, 2.24) is 15.1 Å². The number of ether oxygens (including phenoxy) is 1. The molecule has 34 heavy (non-hydrogen) atoms. The van der Waals surface area contributed by atoms with Gasteiger partial charge in [0.05, 0.1) is 19.3 Å². The fraction of sp³-hybridized carbons (Fsp3) is 0.280. The van der Waals surface area contributed by atoms with Crippen LogP contribution in [0.4, 0.5) is 11.4 Å². The lowest BCUT2D eigenvalue weighted by Crippen LogP contribution is -2.36. The average Bonchev–Trinajstić information content (AvgIpc) is 3.17. The van der Waals surface area contributed by atoms with Gasteiger partial charge in [-0.25, -0.2) is 4.99 Å². The Labute approximate surface area is 199 Å². The van der Waals surface area contributed by atoms with Gasteiger partial charge >= 0.3 is 0 Å². The second-order valence-corrected chi connectivity index (χ2v) is 7.73. The fourth-order valence-electron chi connectivity index (χ4n) is 3.23. The molecule has 0 unspecified atom stereocenters. The topological polar surface area (TPSA) is 110 Å². The molecule has 1 heterocycles. The molecule has 0 bridgehead atoms. The molecule has 0 fully saturated rings. The van der Waals surface area contributed by atoms with E-state index in [-0.39, 0.29) is 11.8 Å². The summed E-state index contributed by atoms with van der Waals surface area (Å²) in [5, 5.41) is 13.2. The van der Waals surface area contributed by atoms with Gasteiger partial charge < -0.3 is 15.4 Å². The molecule has 3 N–H and O–H groups in total. The highest BCUT2D eigenvalue weighted by molar-refractivity contribution is 6.10. The predicted octanol–water partition coefficient (Wildman–Crippen LogP) is 3.97. The summed E-state index contributed by atoms with van der Waals surface area (Å²) in [5.74, 6) is 0.537. The lowest BCUT2D eigenvalue weighted by molar-refractivity contribution is -0.114. The first-order chi connectivity index (χ1) is 16.4. The van der Waals surface area contributed by atoms with E-state index in [4.69, 9.17) is 4.74 Å². The number of aryl methyl sites for hydroxylation is 2. The van der Waals surface area contributed by atoms with Gasteiger partial charge in [-0.05, 0) is 61.9 Å². The van der Waals surface area contributed by atoms with Gasteiger partial charge in [0.1, 0.15) is 5.75 Å². The maximum Gasteiger partial charge on any atom is 0.257 e. The molecule has 9 heteroatoms. The number of hydrogen-bond donors (Lipinski definition) is 3. The normalized spacial score (nSPS) is 11.1. The summed E-state index contributed by atoms with van der Waals surface area (Å²) < 4.78 is 7.12. The van der Waals surface area contributed by atoms with Crippen LogP contribution >= 0.6 is 0 Å². The summed E-state index contributed by atoms with van der Waals surface area (Å²) in [7, 11) is 1.60. The zero-order valence-corrected chi connectivity index (χ0v) is 19.9. The molecule has 0 radical (unpaired) electrons. The van der Waals surface area contributed by atoms with Gasteiger partial charge in [0.15, 0.2) is 0 Å². The van der Waals surface area contributed by atoms with Crippen LogP contribution in [0.25, 0.3) is 0 Å². The SMILES string of the molecule is CCCn1cc(CN=C(NC(=O)c2ccc(NC(C)=O)cc2)Nc2ccc(OC)cc2)c(C)n1. The fourth-order valence-corrected chi connectivity index (χ4v) is 3.23. The summed E-state index contributed by atoms with van der Waals surface area (Å²) >= 11 is 0. The molecule has 0 saturated carbocycles. The number of methoxy groups -OCH3 is 1. The molecule has 0 aliphatic rings. The second-order valence-electron chi connectivity index (χ2n) is 7.73. The predicted molar refractivity (Wildman–Crippen MR) is 133 cm³/mol. The Morgan fingerprint density at radius 1 is 1.03 bits per heavy atom. The number of amides is 2. The molecule has 2 aromatic carbocycles. The number of rotatable bonds is 8. The number of hydrogen-bond acceptors (Lipinski definition) is 5. The van der Waals surface area contributed by atoms with Gasteiger partial charge in [0.2, 0.25) is 11.9 Å². The van der Waals surface area contributed by atoms with Crippen molar-refractivity contribution in [3.05, 3.63) is 71.5 Å². The van der Waals surface area contributed by atoms with Crippen molar-refractivity contribution in [2.75, 3.05) is 17.7 Å². The Morgan fingerprint density at radius 2 is 1.68 bits per heavy atom. The lowest BCUT2D eigenvalue weighted by atomic mass is 10.2. The Kier molecular flexibility index (Phi) is 8.39. The van der Waals surface area contributed by atoms with Crippen molar-refractivity contribution in [2.45, 2.75) is 40.3 Å². The molecule has 0 atom stereocenters. The standard InChI is InChI=1S/C25H30N6O3/c1-5-14-31-16-20(17(2)30-31)15-26-25(28-22-10-12-23(34-4)13-11-22)29-24(33)19-6-8-21(9-7-19)27-18(3)32/h6-13,16H,5,14-15H2,1-4H3,(H,27,32)(H2,26,28,29,33). The summed E-state index contributed by atoms with van der Waals surface area (Å²) in [5.41, 5.74) is 3.69. The van der Waals surface area contributed by atoms with Crippen molar-refractivity contribution in [2.24, 2.45) is 4.99 Å². The lowest BCUT2D eigenvalue weighted by Gasteiger charge is -2.13. The van der Waals surface area contributed by atoms with E-state index in [0.717, 1.165) is 35.7 Å². The highest BCUT2D eigenvalue weighted by Gasteiger charge is 2.11.